The van der Waals surface area contributed by atoms with E-state index in [-0.39, 0.29) is 11.7 Å². The Morgan fingerprint density at radius 1 is 1.37 bits per heavy atom. The summed E-state index contributed by atoms with van der Waals surface area (Å²) in [7, 11) is 0. The molecule has 0 aliphatic carbocycles. The summed E-state index contributed by atoms with van der Waals surface area (Å²) in [6.45, 7) is 1.65. The van der Waals surface area contributed by atoms with Crippen LogP contribution in [0.15, 0.2) is 36.5 Å². The molecule has 2 heterocycles. The van der Waals surface area contributed by atoms with Crippen LogP contribution in [0.4, 0.5) is 10.2 Å². The Balaban J connectivity index is 2.05. The lowest BCUT2D eigenvalue weighted by molar-refractivity contribution is -0.122. The summed E-state index contributed by atoms with van der Waals surface area (Å²) >= 11 is 0. The number of ether oxygens (including phenoxy) is 1. The van der Waals surface area contributed by atoms with Crippen LogP contribution in [0.2, 0.25) is 0 Å². The molecule has 1 N–H and O–H groups in total. The second kappa shape index (κ2) is 4.35. The van der Waals surface area contributed by atoms with Crippen LogP contribution in [0.5, 0.6) is 5.75 Å². The van der Waals surface area contributed by atoms with Crippen LogP contribution in [-0.4, -0.2) is 17.0 Å². The van der Waals surface area contributed by atoms with Crippen LogP contribution in [0.3, 0.4) is 0 Å². The zero-order valence-electron chi connectivity index (χ0n) is 10.2. The Bertz CT molecular complexity index is 658. The summed E-state index contributed by atoms with van der Waals surface area (Å²) in [5.74, 6) is 0.256. The van der Waals surface area contributed by atoms with E-state index in [2.05, 4.69) is 10.3 Å². The van der Waals surface area contributed by atoms with Crippen LogP contribution in [0.1, 0.15) is 6.92 Å². The minimum atomic E-state index is -0.579. The minimum Gasteiger partial charge on any atom is -0.477 e. The van der Waals surface area contributed by atoms with Gasteiger partial charge in [-0.25, -0.2) is 9.37 Å². The molecule has 96 valence electrons. The number of nitrogens with one attached hydrogen (secondary N) is 1. The predicted molar refractivity (Wildman–Crippen MR) is 68.4 cm³/mol. The summed E-state index contributed by atoms with van der Waals surface area (Å²) in [5, 5.41) is 2.63. The average molecular weight is 258 g/mol. The molecule has 4 nitrogen and oxygen atoms in total. The van der Waals surface area contributed by atoms with Crippen molar-refractivity contribution in [2.75, 3.05) is 5.32 Å². The summed E-state index contributed by atoms with van der Waals surface area (Å²) in [4.78, 5) is 15.5. The summed E-state index contributed by atoms with van der Waals surface area (Å²) in [6.07, 6.45) is 0.932. The number of hydrogen-bond acceptors (Lipinski definition) is 3. The summed E-state index contributed by atoms with van der Waals surface area (Å²) in [5.41, 5.74) is 1.06. The number of fused-ring (bicyclic) bond motifs is 1. The highest BCUT2D eigenvalue weighted by Crippen LogP contribution is 2.32. The number of rotatable bonds is 1. The van der Waals surface area contributed by atoms with Gasteiger partial charge in [0, 0.05) is 17.3 Å². The van der Waals surface area contributed by atoms with Gasteiger partial charge in [0.2, 0.25) is 0 Å². The maximum absolute atomic E-state index is 13.7. The number of pyridine rings is 1. The van der Waals surface area contributed by atoms with E-state index in [0.717, 1.165) is 0 Å². The zero-order valence-corrected chi connectivity index (χ0v) is 10.2. The Kier molecular flexibility index (Phi) is 2.67. The topological polar surface area (TPSA) is 51.2 Å². The van der Waals surface area contributed by atoms with Gasteiger partial charge in [-0.15, -0.1) is 0 Å². The standard InChI is InChI=1S/C14H11FN2O2/c1-8-14(18)17-13-12(19-8)6-9(7-16-13)10-4-2-3-5-11(10)15/h2-8H,1H3,(H,16,17,18). The highest BCUT2D eigenvalue weighted by Gasteiger charge is 2.25. The van der Waals surface area contributed by atoms with Crippen LogP contribution >= 0.6 is 0 Å². The second-order valence-electron chi connectivity index (χ2n) is 4.30. The van der Waals surface area contributed by atoms with Crippen LogP contribution in [0, 0.1) is 5.82 Å². The van der Waals surface area contributed by atoms with E-state index in [1.807, 2.05) is 0 Å². The second-order valence-corrected chi connectivity index (χ2v) is 4.30. The van der Waals surface area contributed by atoms with Crippen molar-refractivity contribution < 1.29 is 13.9 Å². The van der Waals surface area contributed by atoms with Gasteiger partial charge in [0.1, 0.15) is 5.82 Å². The third kappa shape index (κ3) is 2.03. The van der Waals surface area contributed by atoms with Crippen LogP contribution in [0.25, 0.3) is 11.1 Å². The van der Waals surface area contributed by atoms with Gasteiger partial charge in [-0.3, -0.25) is 4.79 Å². The molecule has 1 aromatic carbocycles. The normalized spacial score (nSPS) is 17.4. The molecule has 0 bridgehead atoms. The molecular formula is C14H11FN2O2. The number of hydrogen-bond donors (Lipinski definition) is 1. The van der Waals surface area contributed by atoms with Crippen molar-refractivity contribution in [3.05, 3.63) is 42.3 Å². The fourth-order valence-electron chi connectivity index (χ4n) is 1.93. The lowest BCUT2D eigenvalue weighted by Crippen LogP contribution is -2.34. The lowest BCUT2D eigenvalue weighted by atomic mass is 10.1. The fraction of sp³-hybridized carbons (Fsp3) is 0.143. The molecule has 0 spiro atoms. The minimum absolute atomic E-state index is 0.237. The number of benzene rings is 1. The van der Waals surface area contributed by atoms with Gasteiger partial charge in [0.05, 0.1) is 0 Å². The smallest absolute Gasteiger partial charge is 0.266 e. The van der Waals surface area contributed by atoms with E-state index >= 15 is 0 Å². The highest BCUT2D eigenvalue weighted by molar-refractivity contribution is 5.96. The Morgan fingerprint density at radius 2 is 2.16 bits per heavy atom. The van der Waals surface area contributed by atoms with E-state index in [9.17, 15) is 9.18 Å². The monoisotopic (exact) mass is 258 g/mol. The first-order chi connectivity index (χ1) is 9.15. The Morgan fingerprint density at radius 3 is 2.95 bits per heavy atom. The van der Waals surface area contributed by atoms with Gasteiger partial charge < -0.3 is 10.1 Å². The van der Waals surface area contributed by atoms with Crippen molar-refractivity contribution in [1.29, 1.82) is 0 Å². The zero-order chi connectivity index (χ0) is 13.4. The van der Waals surface area contributed by atoms with E-state index in [0.29, 0.717) is 22.7 Å². The molecule has 2 aromatic rings. The van der Waals surface area contributed by atoms with Gasteiger partial charge >= 0.3 is 0 Å². The van der Waals surface area contributed by atoms with Crippen molar-refractivity contribution >= 4 is 11.7 Å². The molecule has 1 amide bonds. The lowest BCUT2D eigenvalue weighted by Gasteiger charge is -2.22. The first-order valence-corrected chi connectivity index (χ1v) is 5.87. The molecule has 1 aliphatic heterocycles. The third-order valence-corrected chi connectivity index (χ3v) is 2.95. The maximum Gasteiger partial charge on any atom is 0.266 e. The molecule has 19 heavy (non-hydrogen) atoms. The molecule has 1 aliphatic rings. The van der Waals surface area contributed by atoms with Crippen molar-refractivity contribution in [1.82, 2.24) is 4.98 Å². The highest BCUT2D eigenvalue weighted by atomic mass is 19.1. The number of aromatic nitrogens is 1. The number of carbonyl (C=O) groups is 1. The van der Waals surface area contributed by atoms with E-state index in [4.69, 9.17) is 4.74 Å². The van der Waals surface area contributed by atoms with Gasteiger partial charge in [0.25, 0.3) is 5.91 Å². The summed E-state index contributed by atoms with van der Waals surface area (Å²) < 4.78 is 19.2. The SMILES string of the molecule is CC1Oc2cc(-c3ccccc3F)cnc2NC1=O. The predicted octanol–water partition coefficient (Wildman–Crippen LogP) is 2.61. The Labute approximate surface area is 109 Å². The number of nitrogens with zero attached hydrogens (tertiary/aromatic N) is 1. The van der Waals surface area contributed by atoms with E-state index < -0.39 is 6.10 Å². The molecular weight excluding hydrogens is 247 g/mol. The van der Waals surface area contributed by atoms with Crippen molar-refractivity contribution in [3.63, 3.8) is 0 Å². The maximum atomic E-state index is 13.7. The van der Waals surface area contributed by atoms with E-state index in [1.165, 1.54) is 12.3 Å². The van der Waals surface area contributed by atoms with E-state index in [1.54, 1.807) is 31.2 Å². The molecule has 1 unspecified atom stereocenters. The quantitative estimate of drug-likeness (QED) is 0.855. The number of carbonyl (C=O) groups excluding carboxylic acids is 1. The number of halogens is 1. The molecule has 0 saturated heterocycles. The largest absolute Gasteiger partial charge is 0.477 e. The molecule has 3 rings (SSSR count). The number of anilines is 1. The molecule has 0 saturated carbocycles. The van der Waals surface area contributed by atoms with Gasteiger partial charge in [0.15, 0.2) is 17.7 Å². The van der Waals surface area contributed by atoms with Crippen LogP contribution in [-0.2, 0) is 4.79 Å². The van der Waals surface area contributed by atoms with Gasteiger partial charge in [-0.2, -0.15) is 0 Å². The van der Waals surface area contributed by atoms with Crippen LogP contribution < -0.4 is 10.1 Å². The van der Waals surface area contributed by atoms with Crippen molar-refractivity contribution in [3.8, 4) is 16.9 Å². The average Bonchev–Trinajstić information content (AvgIpc) is 2.40. The first kappa shape index (κ1) is 11.6. The van der Waals surface area contributed by atoms with Gasteiger partial charge in [-0.1, -0.05) is 18.2 Å². The Hall–Kier alpha value is -2.43. The van der Waals surface area contributed by atoms with Crippen molar-refractivity contribution in [2.45, 2.75) is 13.0 Å². The number of amides is 1. The molecule has 0 radical (unpaired) electrons. The fourth-order valence-corrected chi connectivity index (χ4v) is 1.93. The van der Waals surface area contributed by atoms with Gasteiger partial charge in [-0.05, 0) is 19.1 Å². The third-order valence-electron chi connectivity index (χ3n) is 2.95. The summed E-state index contributed by atoms with van der Waals surface area (Å²) in [6, 6.07) is 8.12. The molecule has 1 aromatic heterocycles. The first-order valence-electron chi connectivity index (χ1n) is 5.87. The molecule has 0 fully saturated rings. The molecule has 5 heteroatoms. The van der Waals surface area contributed by atoms with Crippen molar-refractivity contribution in [2.24, 2.45) is 0 Å². The molecule has 1 atom stereocenters.